The fraction of sp³-hybridized carbons (Fsp3) is 0.571. The van der Waals surface area contributed by atoms with Crippen LogP contribution in [0.5, 0.6) is 0 Å². The maximum atomic E-state index is 6.28. The smallest absolute Gasteiger partial charge is 0.0894 e. The van der Waals surface area contributed by atoms with Gasteiger partial charge < -0.3 is 10.5 Å². The van der Waals surface area contributed by atoms with Crippen molar-refractivity contribution in [3.05, 3.63) is 35.9 Å². The summed E-state index contributed by atoms with van der Waals surface area (Å²) in [5.41, 5.74) is 7.44. The lowest BCUT2D eigenvalue weighted by Gasteiger charge is -2.35. The maximum Gasteiger partial charge on any atom is 0.0894 e. The highest BCUT2D eigenvalue weighted by Crippen LogP contribution is 2.19. The number of ether oxygens (including phenoxy) is 1. The van der Waals surface area contributed by atoms with Crippen molar-refractivity contribution < 1.29 is 4.74 Å². The van der Waals surface area contributed by atoms with Gasteiger partial charge in [0.15, 0.2) is 0 Å². The summed E-state index contributed by atoms with van der Waals surface area (Å²) < 4.78 is 5.80. The average molecular weight is 234 g/mol. The van der Waals surface area contributed by atoms with Gasteiger partial charge in [-0.2, -0.15) is 0 Å². The van der Waals surface area contributed by atoms with Crippen molar-refractivity contribution in [3.63, 3.8) is 0 Å². The molecule has 94 valence electrons. The first-order chi connectivity index (χ1) is 8.31. The molecule has 0 radical (unpaired) electrons. The predicted molar refractivity (Wildman–Crippen MR) is 69.8 cm³/mol. The van der Waals surface area contributed by atoms with E-state index in [0.717, 1.165) is 31.8 Å². The average Bonchev–Trinajstić information content (AvgIpc) is 2.40. The zero-order chi connectivity index (χ0) is 12.1. The molecule has 3 nitrogen and oxygen atoms in total. The van der Waals surface area contributed by atoms with Crippen LogP contribution in [0.1, 0.15) is 24.9 Å². The predicted octanol–water partition coefficient (Wildman–Crippen LogP) is 1.80. The van der Waals surface area contributed by atoms with Gasteiger partial charge in [-0.05, 0) is 18.5 Å². The number of nitrogens with zero attached hydrogens (tertiary/aromatic N) is 1. The highest BCUT2D eigenvalue weighted by molar-refractivity contribution is 5.19. The van der Waals surface area contributed by atoms with Crippen molar-refractivity contribution in [3.8, 4) is 0 Å². The molecule has 0 aromatic heterocycles. The number of benzene rings is 1. The lowest BCUT2D eigenvalue weighted by molar-refractivity contribution is -0.0407. The van der Waals surface area contributed by atoms with Crippen LogP contribution in [0.3, 0.4) is 0 Å². The van der Waals surface area contributed by atoms with Gasteiger partial charge >= 0.3 is 0 Å². The fourth-order valence-corrected chi connectivity index (χ4v) is 2.36. The summed E-state index contributed by atoms with van der Waals surface area (Å²) in [4.78, 5) is 2.44. The molecule has 2 N–H and O–H groups in total. The summed E-state index contributed by atoms with van der Waals surface area (Å²) in [6.07, 6.45) is 1.31. The minimum atomic E-state index is -0.0177. The Bertz CT molecular complexity index is 326. The van der Waals surface area contributed by atoms with E-state index in [1.807, 2.05) is 18.2 Å². The Morgan fingerprint density at radius 3 is 2.88 bits per heavy atom. The minimum absolute atomic E-state index is 0.0177. The van der Waals surface area contributed by atoms with Crippen molar-refractivity contribution in [2.24, 2.45) is 5.73 Å². The van der Waals surface area contributed by atoms with E-state index in [-0.39, 0.29) is 12.1 Å². The summed E-state index contributed by atoms with van der Waals surface area (Å²) >= 11 is 0. The Morgan fingerprint density at radius 2 is 2.18 bits per heavy atom. The standard InChI is InChI=1S/C14H22N2O/c1-2-8-16-9-10-17-13(11-16)14(15)12-6-4-3-5-7-12/h3-7,13-14H,2,8-11,15H2,1H3. The molecule has 1 aliphatic rings. The maximum absolute atomic E-state index is 6.28. The molecule has 2 atom stereocenters. The van der Waals surface area contributed by atoms with Crippen LogP contribution in [-0.2, 0) is 4.74 Å². The quantitative estimate of drug-likeness (QED) is 0.863. The molecule has 1 aliphatic heterocycles. The van der Waals surface area contributed by atoms with Crippen LogP contribution in [0.25, 0.3) is 0 Å². The molecular formula is C14H22N2O. The van der Waals surface area contributed by atoms with Crippen molar-refractivity contribution in [1.82, 2.24) is 4.90 Å². The lowest BCUT2D eigenvalue weighted by atomic mass is 10.0. The lowest BCUT2D eigenvalue weighted by Crippen LogP contribution is -2.47. The summed E-state index contributed by atoms with van der Waals surface area (Å²) in [5, 5.41) is 0. The van der Waals surface area contributed by atoms with Crippen molar-refractivity contribution in [2.75, 3.05) is 26.2 Å². The SMILES string of the molecule is CCCN1CCOC(C(N)c2ccccc2)C1. The van der Waals surface area contributed by atoms with E-state index in [1.54, 1.807) is 0 Å². The highest BCUT2D eigenvalue weighted by Gasteiger charge is 2.26. The van der Waals surface area contributed by atoms with Crippen LogP contribution < -0.4 is 5.73 Å². The summed E-state index contributed by atoms with van der Waals surface area (Å²) in [7, 11) is 0. The first-order valence-corrected chi connectivity index (χ1v) is 6.45. The molecule has 0 aliphatic carbocycles. The van der Waals surface area contributed by atoms with E-state index in [4.69, 9.17) is 10.5 Å². The molecule has 1 aromatic carbocycles. The van der Waals surface area contributed by atoms with E-state index in [1.165, 1.54) is 6.42 Å². The zero-order valence-electron chi connectivity index (χ0n) is 10.5. The molecule has 2 rings (SSSR count). The number of morpholine rings is 1. The van der Waals surface area contributed by atoms with Crippen molar-refractivity contribution >= 4 is 0 Å². The molecule has 0 bridgehead atoms. The van der Waals surface area contributed by atoms with Gasteiger partial charge in [0.1, 0.15) is 0 Å². The van der Waals surface area contributed by atoms with E-state index in [9.17, 15) is 0 Å². The largest absolute Gasteiger partial charge is 0.374 e. The number of hydrogen-bond acceptors (Lipinski definition) is 3. The van der Waals surface area contributed by atoms with Crippen molar-refractivity contribution in [1.29, 1.82) is 0 Å². The Balaban J connectivity index is 1.97. The van der Waals surface area contributed by atoms with E-state index >= 15 is 0 Å². The van der Waals surface area contributed by atoms with Crippen molar-refractivity contribution in [2.45, 2.75) is 25.5 Å². The van der Waals surface area contributed by atoms with Gasteiger partial charge in [0.25, 0.3) is 0 Å². The minimum Gasteiger partial charge on any atom is -0.374 e. The Kier molecular flexibility index (Phi) is 4.54. The fourth-order valence-electron chi connectivity index (χ4n) is 2.36. The van der Waals surface area contributed by atoms with Gasteiger partial charge in [-0.3, -0.25) is 4.90 Å². The second-order valence-corrected chi connectivity index (χ2v) is 4.65. The Labute approximate surface area is 104 Å². The molecule has 0 saturated carbocycles. The summed E-state index contributed by atoms with van der Waals surface area (Å²) in [6.45, 7) is 6.13. The molecule has 1 aromatic rings. The second kappa shape index (κ2) is 6.15. The number of hydrogen-bond donors (Lipinski definition) is 1. The Hall–Kier alpha value is -0.900. The highest BCUT2D eigenvalue weighted by atomic mass is 16.5. The van der Waals surface area contributed by atoms with Crippen LogP contribution in [0.15, 0.2) is 30.3 Å². The molecule has 0 amide bonds. The monoisotopic (exact) mass is 234 g/mol. The first kappa shape index (κ1) is 12.6. The summed E-state index contributed by atoms with van der Waals surface area (Å²) in [5.74, 6) is 0. The number of rotatable bonds is 4. The van der Waals surface area contributed by atoms with Crippen LogP contribution in [0.4, 0.5) is 0 Å². The van der Waals surface area contributed by atoms with Crippen LogP contribution in [0.2, 0.25) is 0 Å². The van der Waals surface area contributed by atoms with Gasteiger partial charge in [0, 0.05) is 13.1 Å². The Morgan fingerprint density at radius 1 is 1.41 bits per heavy atom. The normalized spacial score (nSPS) is 23.5. The second-order valence-electron chi connectivity index (χ2n) is 4.65. The van der Waals surface area contributed by atoms with Gasteiger partial charge in [-0.1, -0.05) is 37.3 Å². The third-order valence-electron chi connectivity index (χ3n) is 3.30. The van der Waals surface area contributed by atoms with Gasteiger partial charge in [0.2, 0.25) is 0 Å². The van der Waals surface area contributed by atoms with Crippen LogP contribution in [0, 0.1) is 0 Å². The van der Waals surface area contributed by atoms with Crippen LogP contribution >= 0.6 is 0 Å². The molecule has 1 fully saturated rings. The summed E-state index contributed by atoms with van der Waals surface area (Å²) in [6, 6.07) is 10.2. The topological polar surface area (TPSA) is 38.5 Å². The molecule has 2 unspecified atom stereocenters. The number of nitrogens with two attached hydrogens (primary N) is 1. The van der Waals surface area contributed by atoms with Crippen LogP contribution in [-0.4, -0.2) is 37.2 Å². The molecule has 0 spiro atoms. The van der Waals surface area contributed by atoms with Gasteiger partial charge in [0.05, 0.1) is 18.8 Å². The molecular weight excluding hydrogens is 212 g/mol. The molecule has 3 heteroatoms. The first-order valence-electron chi connectivity index (χ1n) is 6.45. The van der Waals surface area contributed by atoms with E-state index in [2.05, 4.69) is 24.0 Å². The third-order valence-corrected chi connectivity index (χ3v) is 3.30. The molecule has 1 heterocycles. The molecule has 17 heavy (non-hydrogen) atoms. The van der Waals surface area contributed by atoms with Gasteiger partial charge in [-0.15, -0.1) is 0 Å². The van der Waals surface area contributed by atoms with E-state index < -0.39 is 0 Å². The molecule has 1 saturated heterocycles. The third kappa shape index (κ3) is 3.28. The van der Waals surface area contributed by atoms with Gasteiger partial charge in [-0.25, -0.2) is 0 Å². The van der Waals surface area contributed by atoms with E-state index in [0.29, 0.717) is 0 Å². The zero-order valence-corrected chi connectivity index (χ0v) is 10.5.